The third-order valence-corrected chi connectivity index (χ3v) is 11.1. The monoisotopic (exact) mass is 702 g/mol. The van der Waals surface area contributed by atoms with E-state index in [0.29, 0.717) is 5.88 Å². The molecule has 4 heterocycles. The lowest BCUT2D eigenvalue weighted by molar-refractivity contribution is 0.463. The molecule has 0 N–H and O–H groups in total. The van der Waals surface area contributed by atoms with E-state index >= 15 is 0 Å². The summed E-state index contributed by atoms with van der Waals surface area (Å²) in [5.74, 6) is 1.32. The van der Waals surface area contributed by atoms with Gasteiger partial charge >= 0.3 is 0 Å². The molecule has 6 heteroatoms. The molecule has 0 spiro atoms. The molecule has 2 aliphatic rings. The Labute approximate surface area is 319 Å². The highest BCUT2D eigenvalue weighted by Gasteiger charge is 2.44. The van der Waals surface area contributed by atoms with Gasteiger partial charge in [0, 0.05) is 41.2 Å². The zero-order chi connectivity index (χ0) is 37.3. The second-order valence-electron chi connectivity index (χ2n) is 15.7. The third-order valence-electron chi connectivity index (χ3n) is 11.1. The summed E-state index contributed by atoms with van der Waals surface area (Å²) in [6.45, 7) is 15.6. The van der Waals surface area contributed by atoms with Crippen LogP contribution in [0.15, 0.2) is 134 Å². The molecule has 5 aromatic carbocycles. The molecule has 0 radical (unpaired) electrons. The Morgan fingerprint density at radius 1 is 0.537 bits per heavy atom. The first-order valence-corrected chi connectivity index (χ1v) is 18.8. The van der Waals surface area contributed by atoms with Crippen molar-refractivity contribution in [1.82, 2.24) is 9.97 Å². The van der Waals surface area contributed by atoms with E-state index in [2.05, 4.69) is 166 Å². The van der Waals surface area contributed by atoms with Crippen LogP contribution in [0.25, 0.3) is 11.3 Å². The minimum absolute atomic E-state index is 0.00236. The molecule has 0 saturated carbocycles. The highest BCUT2D eigenvalue weighted by atomic mass is 16.5. The van der Waals surface area contributed by atoms with E-state index < -0.39 is 0 Å². The number of benzene rings is 5. The molecule has 9 rings (SSSR count). The van der Waals surface area contributed by atoms with Crippen LogP contribution < -0.4 is 30.9 Å². The number of anilines is 6. The van der Waals surface area contributed by atoms with Crippen LogP contribution in [0.1, 0.15) is 48.6 Å². The maximum Gasteiger partial charge on any atom is 0.252 e. The van der Waals surface area contributed by atoms with E-state index in [0.717, 1.165) is 22.7 Å². The smallest absolute Gasteiger partial charge is 0.252 e. The number of pyridine rings is 2. The summed E-state index contributed by atoms with van der Waals surface area (Å²) in [7, 11) is 0. The zero-order valence-electron chi connectivity index (χ0n) is 32.0. The third kappa shape index (κ3) is 5.47. The summed E-state index contributed by atoms with van der Waals surface area (Å²) in [6, 6.07) is 43.6. The van der Waals surface area contributed by atoms with Crippen molar-refractivity contribution < 1.29 is 4.74 Å². The molecule has 0 aliphatic carbocycles. The Bertz CT molecular complexity index is 2540. The van der Waals surface area contributed by atoms with Gasteiger partial charge in [-0.15, -0.1) is 0 Å². The molecular formula is C48H43BN4O. The highest BCUT2D eigenvalue weighted by Crippen LogP contribution is 2.47. The van der Waals surface area contributed by atoms with E-state index in [1.165, 1.54) is 72.6 Å². The van der Waals surface area contributed by atoms with Crippen LogP contribution in [-0.4, -0.2) is 16.7 Å². The van der Waals surface area contributed by atoms with Crippen molar-refractivity contribution >= 4 is 57.2 Å². The molecule has 2 aliphatic heterocycles. The number of rotatable bonds is 5. The van der Waals surface area contributed by atoms with Crippen LogP contribution in [0, 0.1) is 27.7 Å². The van der Waals surface area contributed by atoms with Crippen LogP contribution >= 0.6 is 0 Å². The Hall–Kier alpha value is -6.14. The normalized spacial score (nSPS) is 13.0. The predicted molar refractivity (Wildman–Crippen MR) is 226 cm³/mol. The summed E-state index contributed by atoms with van der Waals surface area (Å²) in [4.78, 5) is 14.4. The average Bonchev–Trinajstić information content (AvgIpc) is 3.16. The van der Waals surface area contributed by atoms with Crippen molar-refractivity contribution in [1.29, 1.82) is 0 Å². The zero-order valence-corrected chi connectivity index (χ0v) is 32.0. The maximum absolute atomic E-state index is 6.46. The van der Waals surface area contributed by atoms with Gasteiger partial charge in [0.25, 0.3) is 6.71 Å². The lowest BCUT2D eigenvalue weighted by Crippen LogP contribution is -2.61. The van der Waals surface area contributed by atoms with Gasteiger partial charge in [-0.3, -0.25) is 4.98 Å². The fourth-order valence-electron chi connectivity index (χ4n) is 8.53. The lowest BCUT2D eigenvalue weighted by Gasteiger charge is -2.45. The van der Waals surface area contributed by atoms with Crippen LogP contribution in [0.5, 0.6) is 11.6 Å². The van der Waals surface area contributed by atoms with Crippen LogP contribution in [0.4, 0.5) is 34.1 Å². The largest absolute Gasteiger partial charge is 0.439 e. The van der Waals surface area contributed by atoms with Gasteiger partial charge in [-0.25, -0.2) is 4.98 Å². The summed E-state index contributed by atoms with van der Waals surface area (Å²) in [5, 5.41) is 0. The van der Waals surface area contributed by atoms with Crippen molar-refractivity contribution in [3.05, 3.63) is 162 Å². The first-order valence-electron chi connectivity index (χ1n) is 18.8. The first-order chi connectivity index (χ1) is 26.1. The second kappa shape index (κ2) is 12.8. The molecule has 0 amide bonds. The van der Waals surface area contributed by atoms with Crippen molar-refractivity contribution in [2.24, 2.45) is 0 Å². The Morgan fingerprint density at radius 3 is 1.72 bits per heavy atom. The standard InChI is InChI=1S/C48H43BN4O/c1-30-13-10-14-31(2)46(30)52-40-22-20-34(39-28-35(24-26-50-39)48(5,6)7)27-37(40)49-38-29-36(54-44-19-8-9-25-51-44)21-23-41(38)53(43-18-12-17-42(52)45(43)49)47-32(3)15-11-16-33(47)4/h8-29H,1-7H3. The molecule has 0 fully saturated rings. The Balaban J connectivity index is 1.36. The number of hydrogen-bond donors (Lipinski definition) is 0. The van der Waals surface area contributed by atoms with Gasteiger partial charge in [0.05, 0.1) is 17.1 Å². The van der Waals surface area contributed by atoms with Gasteiger partial charge in [-0.05, 0) is 137 Å². The van der Waals surface area contributed by atoms with Gasteiger partial charge in [-0.1, -0.05) is 81.4 Å². The molecule has 0 saturated heterocycles. The van der Waals surface area contributed by atoms with E-state index in [1.807, 2.05) is 24.4 Å². The van der Waals surface area contributed by atoms with Crippen molar-refractivity contribution in [2.45, 2.75) is 53.9 Å². The minimum atomic E-state index is -0.0830. The highest BCUT2D eigenvalue weighted by molar-refractivity contribution is 7.00. The van der Waals surface area contributed by atoms with E-state index in [9.17, 15) is 0 Å². The predicted octanol–water partition coefficient (Wildman–Crippen LogP) is 10.5. The molecule has 264 valence electrons. The number of ether oxygens (including phenoxy) is 1. The molecule has 2 aromatic heterocycles. The van der Waals surface area contributed by atoms with Gasteiger partial charge in [-0.2, -0.15) is 0 Å². The fraction of sp³-hybridized carbons (Fsp3) is 0.167. The summed E-state index contributed by atoms with van der Waals surface area (Å²) in [5.41, 5.74) is 19.0. The van der Waals surface area contributed by atoms with Crippen LogP contribution in [-0.2, 0) is 5.41 Å². The lowest BCUT2D eigenvalue weighted by atomic mass is 9.33. The van der Waals surface area contributed by atoms with Crippen molar-refractivity contribution in [2.75, 3.05) is 9.80 Å². The molecule has 54 heavy (non-hydrogen) atoms. The number of aryl methyl sites for hydroxylation is 4. The maximum atomic E-state index is 6.46. The van der Waals surface area contributed by atoms with Gasteiger partial charge in [0.15, 0.2) is 0 Å². The van der Waals surface area contributed by atoms with Crippen molar-refractivity contribution in [3.8, 4) is 22.9 Å². The van der Waals surface area contributed by atoms with Gasteiger partial charge in [0.2, 0.25) is 5.88 Å². The summed E-state index contributed by atoms with van der Waals surface area (Å²) in [6.07, 6.45) is 3.72. The molecule has 5 nitrogen and oxygen atoms in total. The number of hydrogen-bond acceptors (Lipinski definition) is 5. The minimum Gasteiger partial charge on any atom is -0.439 e. The molecular weight excluding hydrogens is 659 g/mol. The van der Waals surface area contributed by atoms with Gasteiger partial charge in [0.1, 0.15) is 5.75 Å². The fourth-order valence-corrected chi connectivity index (χ4v) is 8.53. The molecule has 0 atom stereocenters. The Morgan fingerprint density at radius 2 is 1.13 bits per heavy atom. The SMILES string of the molecule is Cc1cccc(C)c1N1c2ccc(Oc3ccccn3)cc2B2c3cc(-c4cc(C(C)(C)C)ccn4)ccc3N(c3c(C)cccc3C)c3cccc1c32. The van der Waals surface area contributed by atoms with Gasteiger partial charge < -0.3 is 14.5 Å². The summed E-state index contributed by atoms with van der Waals surface area (Å²) < 4.78 is 6.46. The number of nitrogens with zero attached hydrogens (tertiary/aromatic N) is 4. The second-order valence-corrected chi connectivity index (χ2v) is 15.7. The van der Waals surface area contributed by atoms with E-state index in [-0.39, 0.29) is 12.1 Å². The van der Waals surface area contributed by atoms with Crippen molar-refractivity contribution in [3.63, 3.8) is 0 Å². The number of para-hydroxylation sites is 2. The summed E-state index contributed by atoms with van der Waals surface area (Å²) >= 11 is 0. The van der Waals surface area contributed by atoms with Crippen LogP contribution in [0.3, 0.4) is 0 Å². The topological polar surface area (TPSA) is 41.5 Å². The van der Waals surface area contributed by atoms with Crippen LogP contribution in [0.2, 0.25) is 0 Å². The molecule has 0 bridgehead atoms. The first kappa shape index (κ1) is 33.7. The van der Waals surface area contributed by atoms with E-state index in [1.54, 1.807) is 6.20 Å². The number of aromatic nitrogens is 2. The average molecular weight is 703 g/mol. The molecule has 7 aromatic rings. The number of fused-ring (bicyclic) bond motifs is 4. The van der Waals surface area contributed by atoms with E-state index in [4.69, 9.17) is 9.72 Å². The molecule has 0 unspecified atom stereocenters. The Kier molecular flexibility index (Phi) is 7.97. The quantitative estimate of drug-likeness (QED) is 0.167.